The number of hydrogen-bond donors (Lipinski definition) is 2. The summed E-state index contributed by atoms with van der Waals surface area (Å²) in [6.45, 7) is 3.71. The van der Waals surface area contributed by atoms with E-state index in [1.54, 1.807) is 22.2 Å². The number of hydrogen-bond acceptors (Lipinski definition) is 5. The van der Waals surface area contributed by atoms with Gasteiger partial charge in [-0.15, -0.1) is 28.8 Å². The lowest BCUT2D eigenvalue weighted by atomic mass is 10.2. The Bertz CT molecular complexity index is 528. The van der Waals surface area contributed by atoms with Crippen LogP contribution in [0.3, 0.4) is 0 Å². The molecule has 2 aromatic rings. The van der Waals surface area contributed by atoms with E-state index >= 15 is 0 Å². The molecule has 0 aliphatic rings. The third-order valence-corrected chi connectivity index (χ3v) is 3.54. The topological polar surface area (TPSA) is 85.8 Å². The molecule has 1 unspecified atom stereocenters. The van der Waals surface area contributed by atoms with Crippen molar-refractivity contribution in [1.29, 1.82) is 0 Å². The summed E-state index contributed by atoms with van der Waals surface area (Å²) in [5.41, 5.74) is 5.83. The molecule has 2 rings (SSSR count). The zero-order valence-corrected chi connectivity index (χ0v) is 12.8. The average molecular weight is 316 g/mol. The number of nitrogens with one attached hydrogen (secondary N) is 1. The largest absolute Gasteiger partial charge is 0.350 e. The van der Waals surface area contributed by atoms with Crippen LogP contribution in [0.1, 0.15) is 22.3 Å². The quantitative estimate of drug-likeness (QED) is 0.837. The lowest BCUT2D eigenvalue weighted by molar-refractivity contribution is 0.0943. The Hall–Kier alpha value is -1.44. The molecule has 0 aromatic carbocycles. The van der Waals surface area contributed by atoms with Gasteiger partial charge in [-0.2, -0.15) is 0 Å². The van der Waals surface area contributed by atoms with Crippen molar-refractivity contribution < 1.29 is 4.79 Å². The summed E-state index contributed by atoms with van der Waals surface area (Å²) in [5.74, 6) is 0.0443. The van der Waals surface area contributed by atoms with Gasteiger partial charge in [0.15, 0.2) is 5.69 Å². The molecule has 0 saturated heterocycles. The molecule has 1 atom stereocenters. The van der Waals surface area contributed by atoms with E-state index < -0.39 is 0 Å². The molecule has 0 saturated carbocycles. The molecule has 110 valence electrons. The second kappa shape index (κ2) is 7.98. The summed E-state index contributed by atoms with van der Waals surface area (Å²) in [4.78, 5) is 13.0. The molecular weight excluding hydrogens is 298 g/mol. The van der Waals surface area contributed by atoms with Crippen LogP contribution in [0.4, 0.5) is 0 Å². The number of nitrogens with zero attached hydrogens (tertiary/aromatic N) is 3. The highest BCUT2D eigenvalue weighted by Crippen LogP contribution is 2.09. The van der Waals surface area contributed by atoms with Crippen molar-refractivity contribution in [3.63, 3.8) is 0 Å². The molecule has 0 bridgehead atoms. The normalized spacial score (nSPS) is 11.7. The van der Waals surface area contributed by atoms with Crippen LogP contribution in [0.2, 0.25) is 0 Å². The first kappa shape index (κ1) is 16.6. The Morgan fingerprint density at radius 1 is 1.60 bits per heavy atom. The number of nitrogens with two attached hydrogens (primary N) is 1. The van der Waals surface area contributed by atoms with Gasteiger partial charge < -0.3 is 11.1 Å². The fraction of sp³-hybridized carbons (Fsp3) is 0.417. The van der Waals surface area contributed by atoms with Gasteiger partial charge in [0.1, 0.15) is 0 Å². The summed E-state index contributed by atoms with van der Waals surface area (Å²) >= 11 is 1.65. The Labute approximate surface area is 127 Å². The van der Waals surface area contributed by atoms with Crippen molar-refractivity contribution in [2.75, 3.05) is 13.1 Å². The molecule has 20 heavy (non-hydrogen) atoms. The zero-order chi connectivity index (χ0) is 13.7. The number of thiophene rings is 1. The second-order valence-electron chi connectivity index (χ2n) is 4.43. The summed E-state index contributed by atoms with van der Waals surface area (Å²) in [5, 5.41) is 12.6. The molecule has 1 amide bonds. The van der Waals surface area contributed by atoms with Crippen LogP contribution < -0.4 is 11.1 Å². The van der Waals surface area contributed by atoms with Crippen molar-refractivity contribution in [2.24, 2.45) is 11.7 Å². The predicted octanol–water partition coefficient (Wildman–Crippen LogP) is 1.13. The lowest BCUT2D eigenvalue weighted by Crippen LogP contribution is -2.31. The first-order chi connectivity index (χ1) is 9.19. The van der Waals surface area contributed by atoms with Crippen molar-refractivity contribution in [1.82, 2.24) is 20.3 Å². The monoisotopic (exact) mass is 315 g/mol. The van der Waals surface area contributed by atoms with Crippen molar-refractivity contribution >= 4 is 29.7 Å². The Morgan fingerprint density at radius 2 is 2.40 bits per heavy atom. The van der Waals surface area contributed by atoms with Crippen LogP contribution in [0.25, 0.3) is 0 Å². The van der Waals surface area contributed by atoms with E-state index in [4.69, 9.17) is 5.73 Å². The number of carbonyl (C=O) groups excluding carboxylic acids is 1. The summed E-state index contributed by atoms with van der Waals surface area (Å²) in [7, 11) is 0. The molecule has 0 radical (unpaired) electrons. The molecular formula is C12H18ClN5OS. The highest BCUT2D eigenvalue weighted by atomic mass is 35.5. The minimum Gasteiger partial charge on any atom is -0.350 e. The van der Waals surface area contributed by atoms with Gasteiger partial charge in [-0.05, 0) is 23.9 Å². The molecule has 0 spiro atoms. The number of aromatic nitrogens is 3. The third kappa shape index (κ3) is 4.59. The van der Waals surface area contributed by atoms with Crippen LogP contribution in [-0.4, -0.2) is 34.0 Å². The summed E-state index contributed by atoms with van der Waals surface area (Å²) in [6, 6.07) is 4.01. The zero-order valence-electron chi connectivity index (χ0n) is 11.2. The number of rotatable bonds is 6. The fourth-order valence-electron chi connectivity index (χ4n) is 1.48. The van der Waals surface area contributed by atoms with Crippen LogP contribution in [-0.2, 0) is 6.54 Å². The minimum atomic E-state index is -0.210. The standard InChI is InChI=1S/C12H17N5OS.ClH/c1-9(5-13)6-14-12(18)11-8-17(16-15-11)7-10-3-2-4-19-10;/h2-4,8-9H,5-7,13H2,1H3,(H,14,18);1H. The van der Waals surface area contributed by atoms with Crippen LogP contribution in [0.15, 0.2) is 23.7 Å². The van der Waals surface area contributed by atoms with E-state index in [0.29, 0.717) is 25.3 Å². The Balaban J connectivity index is 0.00000200. The van der Waals surface area contributed by atoms with Gasteiger partial charge in [0.25, 0.3) is 5.91 Å². The number of halogens is 1. The molecule has 6 nitrogen and oxygen atoms in total. The second-order valence-corrected chi connectivity index (χ2v) is 5.46. The van der Waals surface area contributed by atoms with E-state index in [9.17, 15) is 4.79 Å². The van der Waals surface area contributed by atoms with E-state index in [1.807, 2.05) is 24.4 Å². The van der Waals surface area contributed by atoms with E-state index in [-0.39, 0.29) is 24.2 Å². The average Bonchev–Trinajstić information content (AvgIpc) is 3.07. The molecule has 0 fully saturated rings. The van der Waals surface area contributed by atoms with Gasteiger partial charge in [0.05, 0.1) is 12.7 Å². The molecule has 8 heteroatoms. The third-order valence-electron chi connectivity index (χ3n) is 2.68. The number of amides is 1. The molecule has 0 aliphatic carbocycles. The van der Waals surface area contributed by atoms with Crippen molar-refractivity contribution in [3.05, 3.63) is 34.3 Å². The van der Waals surface area contributed by atoms with Gasteiger partial charge in [0.2, 0.25) is 0 Å². The van der Waals surface area contributed by atoms with Crippen LogP contribution in [0, 0.1) is 5.92 Å². The van der Waals surface area contributed by atoms with Gasteiger partial charge in [-0.25, -0.2) is 4.68 Å². The SMILES string of the molecule is CC(CN)CNC(=O)c1cn(Cc2cccs2)nn1.Cl. The van der Waals surface area contributed by atoms with Crippen LogP contribution in [0.5, 0.6) is 0 Å². The van der Waals surface area contributed by atoms with Crippen LogP contribution >= 0.6 is 23.7 Å². The first-order valence-electron chi connectivity index (χ1n) is 6.10. The molecule has 2 aromatic heterocycles. The maximum absolute atomic E-state index is 11.8. The van der Waals surface area contributed by atoms with E-state index in [0.717, 1.165) is 0 Å². The first-order valence-corrected chi connectivity index (χ1v) is 6.97. The maximum atomic E-state index is 11.8. The van der Waals surface area contributed by atoms with Crippen molar-refractivity contribution in [2.45, 2.75) is 13.5 Å². The molecule has 2 heterocycles. The highest BCUT2D eigenvalue weighted by molar-refractivity contribution is 7.09. The Morgan fingerprint density at radius 3 is 3.05 bits per heavy atom. The predicted molar refractivity (Wildman–Crippen MR) is 81.2 cm³/mol. The van der Waals surface area contributed by atoms with E-state index in [1.165, 1.54) is 4.88 Å². The summed E-state index contributed by atoms with van der Waals surface area (Å²) < 4.78 is 1.66. The van der Waals surface area contributed by atoms with Gasteiger partial charge in [-0.3, -0.25) is 4.79 Å². The van der Waals surface area contributed by atoms with Gasteiger partial charge in [0, 0.05) is 11.4 Å². The summed E-state index contributed by atoms with van der Waals surface area (Å²) in [6.07, 6.45) is 1.65. The lowest BCUT2D eigenvalue weighted by Gasteiger charge is -2.08. The highest BCUT2D eigenvalue weighted by Gasteiger charge is 2.11. The van der Waals surface area contributed by atoms with E-state index in [2.05, 4.69) is 15.6 Å². The maximum Gasteiger partial charge on any atom is 0.273 e. The Kier molecular flexibility index (Phi) is 6.63. The van der Waals surface area contributed by atoms with Gasteiger partial charge in [-0.1, -0.05) is 18.2 Å². The van der Waals surface area contributed by atoms with Crippen molar-refractivity contribution in [3.8, 4) is 0 Å². The molecule has 0 aliphatic heterocycles. The smallest absolute Gasteiger partial charge is 0.273 e. The fourth-order valence-corrected chi connectivity index (χ4v) is 2.18. The minimum absolute atomic E-state index is 0. The molecule has 3 N–H and O–H groups in total. The van der Waals surface area contributed by atoms with Gasteiger partial charge >= 0.3 is 0 Å². The number of carbonyl (C=O) groups is 1.